The summed E-state index contributed by atoms with van der Waals surface area (Å²) in [6.45, 7) is 6.17. The number of hydrogen-bond acceptors (Lipinski definition) is 4. The summed E-state index contributed by atoms with van der Waals surface area (Å²) in [5.74, 6) is 1.52. The van der Waals surface area contributed by atoms with E-state index in [1.807, 2.05) is 110 Å². The van der Waals surface area contributed by atoms with Crippen LogP contribution >= 0.6 is 14.7 Å². The lowest BCUT2D eigenvalue weighted by Crippen LogP contribution is -2.26. The first-order valence-electron chi connectivity index (χ1n) is 12.4. The molecule has 0 unspecified atom stereocenters. The van der Waals surface area contributed by atoms with E-state index >= 15 is 4.57 Å². The molecule has 0 bridgehead atoms. The zero-order chi connectivity index (χ0) is 26.3. The number of hydrogen-bond donors (Lipinski definition) is 0. The van der Waals surface area contributed by atoms with Crippen molar-refractivity contribution in [3.63, 3.8) is 0 Å². The van der Waals surface area contributed by atoms with E-state index in [1.165, 1.54) is 5.82 Å². The highest BCUT2D eigenvalue weighted by Gasteiger charge is 2.32. The first-order chi connectivity index (χ1) is 17.9. The second-order valence-electron chi connectivity index (χ2n) is 8.53. The summed E-state index contributed by atoms with van der Waals surface area (Å²) < 4.78 is 39.3. The zero-order valence-electron chi connectivity index (χ0n) is 21.4. The molecule has 0 aliphatic carbocycles. The normalized spacial score (nSPS) is 12.2. The fourth-order valence-corrected chi connectivity index (χ4v) is 8.68. The van der Waals surface area contributed by atoms with E-state index < -0.39 is 14.7 Å². The number of rotatable bonds is 10. The topological polar surface area (TPSA) is 52.6 Å². The number of aryl methyl sites for hydroxylation is 1. The molecular weight excluding hydrogens is 498 g/mol. The maximum atomic E-state index is 15.2. The van der Waals surface area contributed by atoms with Crippen molar-refractivity contribution in [2.45, 2.75) is 20.8 Å². The van der Waals surface area contributed by atoms with E-state index in [0.717, 1.165) is 38.2 Å². The minimum absolute atomic E-state index is 0.280. The highest BCUT2D eigenvalue weighted by molar-refractivity contribution is 7.85. The Morgan fingerprint density at radius 1 is 0.676 bits per heavy atom. The van der Waals surface area contributed by atoms with Crippen LogP contribution in [0.3, 0.4) is 0 Å². The lowest BCUT2D eigenvalue weighted by atomic mass is 9.95. The molecule has 0 N–H and O–H groups in total. The Hall–Kier alpha value is -3.00. The average molecular weight is 531 g/mol. The molecule has 0 aromatic heterocycles. The van der Waals surface area contributed by atoms with Gasteiger partial charge < -0.3 is 13.6 Å². The molecule has 0 aliphatic rings. The molecule has 4 aromatic carbocycles. The summed E-state index contributed by atoms with van der Waals surface area (Å²) in [6.07, 6.45) is 1.79. The minimum Gasteiger partial charge on any atom is -0.309 e. The number of benzene rings is 4. The van der Waals surface area contributed by atoms with Crippen molar-refractivity contribution in [1.29, 1.82) is 0 Å². The van der Waals surface area contributed by atoms with Crippen molar-refractivity contribution in [2.24, 2.45) is 0 Å². The molecule has 0 radical (unpaired) electrons. The summed E-state index contributed by atoms with van der Waals surface area (Å²) in [7, 11) is -6.61. The van der Waals surface area contributed by atoms with Crippen molar-refractivity contribution in [3.05, 3.63) is 120 Å². The Kier molecular flexibility index (Phi) is 8.79. The maximum Gasteiger partial charge on any atom is 0.354 e. The van der Waals surface area contributed by atoms with Gasteiger partial charge in [-0.3, -0.25) is 4.57 Å². The molecule has 190 valence electrons. The predicted molar refractivity (Wildman–Crippen MR) is 156 cm³/mol. The smallest absolute Gasteiger partial charge is 0.309 e. The van der Waals surface area contributed by atoms with Gasteiger partial charge >= 0.3 is 7.60 Å². The Balaban J connectivity index is 1.96. The highest BCUT2D eigenvalue weighted by Crippen LogP contribution is 2.51. The molecule has 0 fully saturated rings. The third-order valence-corrected chi connectivity index (χ3v) is 11.0. The molecule has 0 aliphatic heterocycles. The third kappa shape index (κ3) is 5.79. The highest BCUT2D eigenvalue weighted by atomic mass is 31.2. The fourth-order valence-electron chi connectivity index (χ4n) is 4.51. The lowest BCUT2D eigenvalue weighted by molar-refractivity contribution is 0.229. The lowest BCUT2D eigenvalue weighted by Gasteiger charge is -2.24. The predicted octanol–water partition coefficient (Wildman–Crippen LogP) is 7.54. The van der Waals surface area contributed by atoms with Gasteiger partial charge in [-0.1, -0.05) is 103 Å². The van der Waals surface area contributed by atoms with Crippen LogP contribution in [0.25, 0.3) is 17.2 Å². The van der Waals surface area contributed by atoms with E-state index in [0.29, 0.717) is 0 Å². The van der Waals surface area contributed by atoms with Gasteiger partial charge in [0.2, 0.25) is 0 Å². The largest absolute Gasteiger partial charge is 0.354 e. The molecule has 0 heterocycles. The van der Waals surface area contributed by atoms with Gasteiger partial charge in [0.15, 0.2) is 7.14 Å². The Morgan fingerprint density at radius 2 is 1.22 bits per heavy atom. The first kappa shape index (κ1) is 27.0. The van der Waals surface area contributed by atoms with Crippen LogP contribution in [-0.2, 0) is 18.2 Å². The minimum atomic E-state index is -3.39. The third-order valence-electron chi connectivity index (χ3n) is 6.11. The van der Waals surface area contributed by atoms with Crippen molar-refractivity contribution in [2.75, 3.05) is 13.2 Å². The maximum absolute atomic E-state index is 15.2. The standard InChI is InChI=1S/C31H32O4P2/c1-4-34-36(32,35-5-2)24-23-26-16-14-15-25(3)31(26)29-21-12-13-22-30(29)37(33,27-17-8-6-9-18-27)28-19-10-7-11-20-28/h6-24H,4-5H2,1-3H3/b24-23+. The van der Waals surface area contributed by atoms with Gasteiger partial charge in [-0.05, 0) is 49.1 Å². The molecule has 4 aromatic rings. The molecule has 6 heteroatoms. The van der Waals surface area contributed by atoms with Crippen LogP contribution in [0.4, 0.5) is 0 Å². The molecule has 0 saturated carbocycles. The molecular formula is C31H32O4P2. The van der Waals surface area contributed by atoms with E-state index in [2.05, 4.69) is 0 Å². The van der Waals surface area contributed by atoms with Crippen LogP contribution in [-0.4, -0.2) is 13.2 Å². The molecule has 0 spiro atoms. The van der Waals surface area contributed by atoms with Crippen molar-refractivity contribution in [3.8, 4) is 11.1 Å². The van der Waals surface area contributed by atoms with Gasteiger partial charge in [0.05, 0.1) is 13.2 Å². The molecule has 0 saturated heterocycles. The zero-order valence-corrected chi connectivity index (χ0v) is 23.2. The Morgan fingerprint density at radius 3 is 1.78 bits per heavy atom. The summed E-state index contributed by atoms with van der Waals surface area (Å²) >= 11 is 0. The molecule has 0 atom stereocenters. The van der Waals surface area contributed by atoms with Crippen LogP contribution in [0.15, 0.2) is 109 Å². The summed E-state index contributed by atoms with van der Waals surface area (Å²) in [4.78, 5) is 0. The Labute approximate surface area is 219 Å². The first-order valence-corrected chi connectivity index (χ1v) is 15.7. The van der Waals surface area contributed by atoms with Crippen LogP contribution < -0.4 is 15.9 Å². The van der Waals surface area contributed by atoms with Gasteiger partial charge in [0.25, 0.3) is 0 Å². The van der Waals surface area contributed by atoms with E-state index in [-0.39, 0.29) is 13.2 Å². The van der Waals surface area contributed by atoms with Crippen LogP contribution in [0.1, 0.15) is 25.0 Å². The molecule has 4 rings (SSSR count). The second kappa shape index (κ2) is 12.0. The SMILES string of the molecule is CCOP(=O)(/C=C/c1cccc(C)c1-c1ccccc1P(=O)(c1ccccc1)c1ccccc1)OCC. The van der Waals surface area contributed by atoms with Gasteiger partial charge in [0, 0.05) is 21.7 Å². The van der Waals surface area contributed by atoms with Gasteiger partial charge in [-0.15, -0.1) is 0 Å². The monoisotopic (exact) mass is 530 g/mol. The van der Waals surface area contributed by atoms with E-state index in [9.17, 15) is 4.57 Å². The summed E-state index contributed by atoms with van der Waals surface area (Å²) in [5.41, 5.74) is 3.67. The summed E-state index contributed by atoms with van der Waals surface area (Å²) in [5, 5.41) is 2.31. The van der Waals surface area contributed by atoms with Crippen molar-refractivity contribution >= 4 is 36.7 Å². The quantitative estimate of drug-likeness (QED) is 0.199. The fraction of sp³-hybridized carbons (Fsp3) is 0.161. The van der Waals surface area contributed by atoms with E-state index in [4.69, 9.17) is 9.05 Å². The van der Waals surface area contributed by atoms with Crippen molar-refractivity contribution < 1.29 is 18.2 Å². The second-order valence-corrected chi connectivity index (χ2v) is 13.2. The summed E-state index contributed by atoms with van der Waals surface area (Å²) in [6, 6.07) is 33.1. The average Bonchev–Trinajstić information content (AvgIpc) is 2.93. The van der Waals surface area contributed by atoms with Gasteiger partial charge in [-0.2, -0.15) is 0 Å². The van der Waals surface area contributed by atoms with Crippen molar-refractivity contribution in [1.82, 2.24) is 0 Å². The molecule has 37 heavy (non-hydrogen) atoms. The van der Waals surface area contributed by atoms with Crippen LogP contribution in [0.2, 0.25) is 0 Å². The van der Waals surface area contributed by atoms with Gasteiger partial charge in [-0.25, -0.2) is 0 Å². The van der Waals surface area contributed by atoms with E-state index in [1.54, 1.807) is 19.9 Å². The Bertz CT molecular complexity index is 1410. The van der Waals surface area contributed by atoms with Crippen LogP contribution in [0.5, 0.6) is 0 Å². The molecule has 0 amide bonds. The van der Waals surface area contributed by atoms with Crippen LogP contribution in [0, 0.1) is 6.92 Å². The molecule has 4 nitrogen and oxygen atoms in total. The van der Waals surface area contributed by atoms with Gasteiger partial charge in [0.1, 0.15) is 0 Å².